The van der Waals surface area contributed by atoms with Gasteiger partial charge in [-0.2, -0.15) is 0 Å². The summed E-state index contributed by atoms with van der Waals surface area (Å²) in [5.74, 6) is -0.260. The molecule has 0 aliphatic carbocycles. The largest absolute Gasteiger partial charge is 0.392 e. The van der Waals surface area contributed by atoms with Crippen LogP contribution in [0.1, 0.15) is 24.9 Å². The number of β-amino-alcohol motifs (C(OH)–C–C–N with tert-alkyl or cyclic N) is 1. The molecule has 2 aliphatic rings. The fourth-order valence-electron chi connectivity index (χ4n) is 3.63. The van der Waals surface area contributed by atoms with Crippen molar-refractivity contribution < 1.29 is 19.1 Å². The van der Waals surface area contributed by atoms with Crippen molar-refractivity contribution in [1.29, 1.82) is 0 Å². The summed E-state index contributed by atoms with van der Waals surface area (Å²) in [5.41, 5.74) is 0.909. The van der Waals surface area contributed by atoms with Crippen molar-refractivity contribution in [2.45, 2.75) is 25.5 Å². The summed E-state index contributed by atoms with van der Waals surface area (Å²) in [6.45, 7) is 4.39. The van der Waals surface area contributed by atoms with E-state index in [1.165, 1.54) is 19.1 Å². The molecule has 1 aromatic rings. The quantitative estimate of drug-likeness (QED) is 0.869. The number of hydrogen-bond acceptors (Lipinski definition) is 4. The van der Waals surface area contributed by atoms with Crippen molar-refractivity contribution in [3.63, 3.8) is 0 Å². The van der Waals surface area contributed by atoms with Gasteiger partial charge in [-0.15, -0.1) is 0 Å². The number of aliphatic hydroxyl groups is 1. The SMILES string of the molecule is CC(=O)N1CCN(C(=O)CN2C[C@H](O)C[C@@H]2c2ccc(F)cc2)CC1. The van der Waals surface area contributed by atoms with Crippen LogP contribution in [0.15, 0.2) is 24.3 Å². The lowest BCUT2D eigenvalue weighted by molar-refractivity contribution is -0.139. The highest BCUT2D eigenvalue weighted by molar-refractivity contribution is 5.79. The van der Waals surface area contributed by atoms with Crippen LogP contribution in [0.25, 0.3) is 0 Å². The maximum absolute atomic E-state index is 13.1. The molecule has 2 heterocycles. The van der Waals surface area contributed by atoms with Gasteiger partial charge in [-0.05, 0) is 24.1 Å². The average Bonchev–Trinajstić information content (AvgIpc) is 2.96. The molecule has 3 rings (SSSR count). The van der Waals surface area contributed by atoms with Crippen molar-refractivity contribution in [1.82, 2.24) is 14.7 Å². The third kappa shape index (κ3) is 4.16. The summed E-state index contributed by atoms with van der Waals surface area (Å²) in [5, 5.41) is 10.0. The number of hydrogen-bond donors (Lipinski definition) is 1. The van der Waals surface area contributed by atoms with E-state index in [1.807, 2.05) is 4.90 Å². The van der Waals surface area contributed by atoms with Crippen LogP contribution in [-0.4, -0.2) is 77.0 Å². The summed E-state index contributed by atoms with van der Waals surface area (Å²) in [6.07, 6.45) is 0.0502. The Bertz CT molecular complexity index is 629. The number of amides is 2. The summed E-state index contributed by atoms with van der Waals surface area (Å²) in [6, 6.07) is 6.14. The van der Waals surface area contributed by atoms with Gasteiger partial charge in [0.05, 0.1) is 12.6 Å². The zero-order valence-electron chi connectivity index (χ0n) is 14.4. The Labute approximate surface area is 146 Å². The molecule has 0 radical (unpaired) electrons. The lowest BCUT2D eigenvalue weighted by Gasteiger charge is -2.35. The predicted molar refractivity (Wildman–Crippen MR) is 90.2 cm³/mol. The van der Waals surface area contributed by atoms with E-state index in [-0.39, 0.29) is 30.2 Å². The molecule has 25 heavy (non-hydrogen) atoms. The topological polar surface area (TPSA) is 64.1 Å². The first kappa shape index (κ1) is 17.8. The second kappa shape index (κ2) is 7.49. The van der Waals surface area contributed by atoms with Gasteiger partial charge in [0, 0.05) is 45.7 Å². The Balaban J connectivity index is 1.61. The van der Waals surface area contributed by atoms with Gasteiger partial charge in [0.1, 0.15) is 5.82 Å². The Kier molecular flexibility index (Phi) is 5.34. The summed E-state index contributed by atoms with van der Waals surface area (Å²) >= 11 is 0. The van der Waals surface area contributed by atoms with Gasteiger partial charge in [-0.1, -0.05) is 12.1 Å². The molecule has 2 aliphatic heterocycles. The van der Waals surface area contributed by atoms with Gasteiger partial charge in [0.15, 0.2) is 0 Å². The first-order valence-corrected chi connectivity index (χ1v) is 8.65. The van der Waals surface area contributed by atoms with Crippen LogP contribution < -0.4 is 0 Å². The standard InChI is InChI=1S/C18H24FN3O3/c1-13(23)20-6-8-21(9-7-20)18(25)12-22-11-16(24)10-17(22)14-2-4-15(19)5-3-14/h2-5,16-17,24H,6-12H2,1H3/t16-,17-/m1/s1. The number of rotatable bonds is 3. The van der Waals surface area contributed by atoms with Crippen molar-refractivity contribution in [2.75, 3.05) is 39.3 Å². The minimum Gasteiger partial charge on any atom is -0.392 e. The van der Waals surface area contributed by atoms with Crippen LogP contribution >= 0.6 is 0 Å². The molecule has 0 aromatic heterocycles. The van der Waals surface area contributed by atoms with Gasteiger partial charge in [0.25, 0.3) is 0 Å². The molecule has 2 atom stereocenters. The molecular formula is C18H24FN3O3. The molecule has 7 heteroatoms. The molecular weight excluding hydrogens is 325 g/mol. The van der Waals surface area contributed by atoms with E-state index in [2.05, 4.69) is 0 Å². The van der Waals surface area contributed by atoms with E-state index in [0.717, 1.165) is 5.56 Å². The van der Waals surface area contributed by atoms with E-state index in [0.29, 0.717) is 39.1 Å². The second-order valence-electron chi connectivity index (χ2n) is 6.77. The Morgan fingerprint density at radius 3 is 2.32 bits per heavy atom. The summed E-state index contributed by atoms with van der Waals surface area (Å²) < 4.78 is 13.1. The smallest absolute Gasteiger partial charge is 0.236 e. The number of carbonyl (C=O) groups is 2. The van der Waals surface area contributed by atoms with Crippen molar-refractivity contribution in [3.8, 4) is 0 Å². The minimum absolute atomic E-state index is 0.00409. The normalized spacial score (nSPS) is 24.6. The fraction of sp³-hybridized carbons (Fsp3) is 0.556. The Morgan fingerprint density at radius 2 is 1.72 bits per heavy atom. The zero-order chi connectivity index (χ0) is 18.0. The monoisotopic (exact) mass is 349 g/mol. The molecule has 2 amide bonds. The minimum atomic E-state index is -0.489. The van der Waals surface area contributed by atoms with Crippen molar-refractivity contribution in [2.24, 2.45) is 0 Å². The maximum Gasteiger partial charge on any atom is 0.236 e. The van der Waals surface area contributed by atoms with E-state index < -0.39 is 6.10 Å². The highest BCUT2D eigenvalue weighted by Crippen LogP contribution is 2.32. The van der Waals surface area contributed by atoms with Crippen molar-refractivity contribution >= 4 is 11.8 Å². The van der Waals surface area contributed by atoms with Gasteiger partial charge >= 0.3 is 0 Å². The van der Waals surface area contributed by atoms with E-state index in [9.17, 15) is 19.1 Å². The first-order chi connectivity index (χ1) is 11.9. The summed E-state index contributed by atoms with van der Waals surface area (Å²) in [4.78, 5) is 29.4. The van der Waals surface area contributed by atoms with Gasteiger partial charge in [0.2, 0.25) is 11.8 Å². The van der Waals surface area contributed by atoms with Crippen LogP contribution in [0.5, 0.6) is 0 Å². The number of aliphatic hydroxyl groups excluding tert-OH is 1. The molecule has 2 saturated heterocycles. The highest BCUT2D eigenvalue weighted by Gasteiger charge is 2.34. The first-order valence-electron chi connectivity index (χ1n) is 8.65. The van der Waals surface area contributed by atoms with Crippen molar-refractivity contribution in [3.05, 3.63) is 35.6 Å². The third-order valence-corrected chi connectivity index (χ3v) is 5.05. The number of piperazine rings is 1. The van der Waals surface area contributed by atoms with Crippen LogP contribution in [-0.2, 0) is 9.59 Å². The molecule has 1 aromatic carbocycles. The molecule has 0 bridgehead atoms. The number of nitrogens with zero attached hydrogens (tertiary/aromatic N) is 3. The fourth-order valence-corrected chi connectivity index (χ4v) is 3.63. The Hall–Kier alpha value is -1.99. The number of likely N-dealkylation sites (tertiary alicyclic amines) is 1. The van der Waals surface area contributed by atoms with Gasteiger partial charge < -0.3 is 14.9 Å². The molecule has 0 spiro atoms. The Morgan fingerprint density at radius 1 is 1.12 bits per heavy atom. The molecule has 0 unspecified atom stereocenters. The molecule has 1 N–H and O–H groups in total. The summed E-state index contributed by atoms with van der Waals surface area (Å²) in [7, 11) is 0. The lowest BCUT2D eigenvalue weighted by atomic mass is 10.0. The molecule has 2 fully saturated rings. The third-order valence-electron chi connectivity index (χ3n) is 5.05. The lowest BCUT2D eigenvalue weighted by Crippen LogP contribution is -2.52. The second-order valence-corrected chi connectivity index (χ2v) is 6.77. The number of benzene rings is 1. The average molecular weight is 349 g/mol. The van der Waals surface area contributed by atoms with Gasteiger partial charge in [-0.3, -0.25) is 14.5 Å². The van der Waals surface area contributed by atoms with E-state index >= 15 is 0 Å². The highest BCUT2D eigenvalue weighted by atomic mass is 19.1. The molecule has 6 nitrogen and oxygen atoms in total. The predicted octanol–water partition coefficient (Wildman–Crippen LogP) is 0.624. The van der Waals surface area contributed by atoms with E-state index in [1.54, 1.807) is 21.9 Å². The maximum atomic E-state index is 13.1. The van der Waals surface area contributed by atoms with Crippen LogP contribution in [0.4, 0.5) is 4.39 Å². The van der Waals surface area contributed by atoms with Crippen LogP contribution in [0.2, 0.25) is 0 Å². The van der Waals surface area contributed by atoms with Crippen LogP contribution in [0, 0.1) is 5.82 Å². The molecule has 136 valence electrons. The number of halogens is 1. The van der Waals surface area contributed by atoms with Crippen LogP contribution in [0.3, 0.4) is 0 Å². The zero-order valence-corrected chi connectivity index (χ0v) is 14.4. The van der Waals surface area contributed by atoms with Gasteiger partial charge in [-0.25, -0.2) is 4.39 Å². The molecule has 0 saturated carbocycles. The van der Waals surface area contributed by atoms with E-state index in [4.69, 9.17) is 0 Å². The number of carbonyl (C=O) groups excluding carboxylic acids is 2.